The van der Waals surface area contributed by atoms with Gasteiger partial charge in [-0.3, -0.25) is 4.79 Å². The van der Waals surface area contributed by atoms with Gasteiger partial charge >= 0.3 is 33.6 Å². The van der Waals surface area contributed by atoms with Gasteiger partial charge < -0.3 is 0 Å². The highest BCUT2D eigenvalue weighted by Gasteiger charge is 2.43. The van der Waals surface area contributed by atoms with Gasteiger partial charge in [-0.05, 0) is 32.9 Å². The highest BCUT2D eigenvalue weighted by Crippen LogP contribution is 2.24. The van der Waals surface area contributed by atoms with Gasteiger partial charge in [0.05, 0.1) is 4.75 Å². The Labute approximate surface area is 131 Å². The number of hydrogen-bond acceptors (Lipinski definition) is 3. The summed E-state index contributed by atoms with van der Waals surface area (Å²) >= 11 is -1.61. The van der Waals surface area contributed by atoms with E-state index in [2.05, 4.69) is 0 Å². The largest absolute Gasteiger partial charge is 0.474 e. The second-order valence-corrected chi connectivity index (χ2v) is 9.97. The molecule has 0 aliphatic heterocycles. The molecule has 0 saturated carbocycles. The molecule has 1 N–H and O–H groups in total. The normalized spacial score (nSPS) is 13.0. The van der Waals surface area contributed by atoms with E-state index in [-0.39, 0.29) is 8.47 Å². The maximum Gasteiger partial charge on any atom is 0.474 e. The molecule has 0 unspecified atom stereocenters. The fourth-order valence-corrected chi connectivity index (χ4v) is 5.26. The first kappa shape index (κ1) is 18.2. The SMILES string of the molecule is CC(C)(C)S(=O)(=O)c1ccccc1[I+]NC(=O)C(F)(F)F. The summed E-state index contributed by atoms with van der Waals surface area (Å²) in [5, 5.41) is 0. The quantitative estimate of drug-likeness (QED) is 0.495. The summed E-state index contributed by atoms with van der Waals surface area (Å²) in [4.78, 5) is 10.8. The summed E-state index contributed by atoms with van der Waals surface area (Å²) in [6, 6.07) is 5.78. The molecule has 0 radical (unpaired) electrons. The van der Waals surface area contributed by atoms with Crippen molar-refractivity contribution in [3.63, 3.8) is 0 Å². The van der Waals surface area contributed by atoms with Crippen molar-refractivity contribution in [2.24, 2.45) is 0 Å². The van der Waals surface area contributed by atoms with Crippen molar-refractivity contribution in [2.45, 2.75) is 36.6 Å². The van der Waals surface area contributed by atoms with Crippen LogP contribution in [0.2, 0.25) is 0 Å². The lowest BCUT2D eigenvalue weighted by Gasteiger charge is -2.18. The van der Waals surface area contributed by atoms with Gasteiger partial charge in [-0.1, -0.05) is 12.1 Å². The zero-order valence-corrected chi connectivity index (χ0v) is 14.4. The molecule has 1 amide bonds. The molecule has 1 rings (SSSR count). The smallest absolute Gasteiger partial charge is 0.261 e. The second-order valence-electron chi connectivity index (χ2n) is 5.06. The molecule has 0 aliphatic rings. The van der Waals surface area contributed by atoms with Crippen molar-refractivity contribution in [1.29, 1.82) is 0 Å². The Hall–Kier alpha value is -0.840. The zero-order valence-electron chi connectivity index (χ0n) is 11.5. The molecule has 1 aromatic carbocycles. The van der Waals surface area contributed by atoms with Gasteiger partial charge in [-0.15, -0.1) is 3.53 Å². The molecule has 0 aliphatic carbocycles. The third-order valence-corrected chi connectivity index (χ3v) is 7.62. The number of rotatable bonds is 3. The fourth-order valence-electron chi connectivity index (χ4n) is 1.22. The number of carbonyl (C=O) groups excluding carboxylic acids is 1. The number of hydrogen-bond donors (Lipinski definition) is 1. The molecule has 0 bridgehead atoms. The summed E-state index contributed by atoms with van der Waals surface area (Å²) < 4.78 is 62.2. The summed E-state index contributed by atoms with van der Waals surface area (Å²) in [5.41, 5.74) is 0. The minimum atomic E-state index is -4.97. The van der Waals surface area contributed by atoms with E-state index in [0.29, 0.717) is 0 Å². The van der Waals surface area contributed by atoms with E-state index in [1.807, 2.05) is 0 Å². The molecule has 9 heteroatoms. The van der Waals surface area contributed by atoms with Crippen LogP contribution in [0.3, 0.4) is 0 Å². The Morgan fingerprint density at radius 3 is 2.14 bits per heavy atom. The summed E-state index contributed by atoms with van der Waals surface area (Å²) in [5.74, 6) is -2.06. The number of amides is 1. The molecule has 0 heterocycles. The van der Waals surface area contributed by atoms with Crippen molar-refractivity contribution in [3.05, 3.63) is 27.8 Å². The number of carbonyl (C=O) groups is 1. The molecule has 1 aromatic rings. The first-order chi connectivity index (χ1) is 9.37. The lowest BCUT2D eigenvalue weighted by Crippen LogP contribution is -3.68. The number of halogens is 4. The fraction of sp³-hybridized carbons (Fsp3) is 0.417. The summed E-state index contributed by atoms with van der Waals surface area (Å²) in [6.45, 7) is 4.52. The van der Waals surface area contributed by atoms with Crippen LogP contribution >= 0.6 is 0 Å². The van der Waals surface area contributed by atoms with Crippen LogP contribution in [-0.2, 0) is 14.6 Å². The maximum absolute atomic E-state index is 12.4. The lowest BCUT2D eigenvalue weighted by molar-refractivity contribution is -0.676. The number of nitrogens with one attached hydrogen (secondary N) is 1. The Bertz CT molecular complexity index is 636. The van der Waals surface area contributed by atoms with E-state index in [1.54, 1.807) is 3.53 Å². The predicted molar refractivity (Wildman–Crippen MR) is 66.3 cm³/mol. The molecular weight excluding hydrogens is 422 g/mol. The van der Waals surface area contributed by atoms with Crippen LogP contribution in [0.4, 0.5) is 13.2 Å². The van der Waals surface area contributed by atoms with Crippen molar-refractivity contribution >= 4 is 15.7 Å². The molecular formula is C12H14F3INO3S+. The van der Waals surface area contributed by atoms with Gasteiger partial charge in [-0.25, -0.2) is 8.42 Å². The Kier molecular flexibility index (Phi) is 5.30. The zero-order chi connectivity index (χ0) is 16.5. The van der Waals surface area contributed by atoms with Gasteiger partial charge in [-0.2, -0.15) is 13.2 Å². The third-order valence-electron chi connectivity index (χ3n) is 2.42. The average molecular weight is 436 g/mol. The Morgan fingerprint density at radius 1 is 1.14 bits per heavy atom. The molecule has 21 heavy (non-hydrogen) atoms. The van der Waals surface area contributed by atoms with Crippen molar-refractivity contribution in [3.8, 4) is 0 Å². The van der Waals surface area contributed by atoms with Gasteiger partial charge in [0, 0.05) is 0 Å². The van der Waals surface area contributed by atoms with E-state index < -0.39 is 48.1 Å². The van der Waals surface area contributed by atoms with Crippen molar-refractivity contribution in [1.82, 2.24) is 3.53 Å². The molecule has 0 spiro atoms. The highest BCUT2D eigenvalue weighted by molar-refractivity contribution is 7.92. The summed E-state index contributed by atoms with van der Waals surface area (Å²) in [6.07, 6.45) is -4.97. The lowest BCUT2D eigenvalue weighted by atomic mass is 10.3. The van der Waals surface area contributed by atoms with Gasteiger partial charge in [0.2, 0.25) is 3.57 Å². The van der Waals surface area contributed by atoms with Crippen LogP contribution in [0, 0.1) is 3.57 Å². The van der Waals surface area contributed by atoms with E-state index in [0.717, 1.165) is 0 Å². The van der Waals surface area contributed by atoms with Crippen LogP contribution in [0.5, 0.6) is 0 Å². The number of benzene rings is 1. The molecule has 118 valence electrons. The second kappa shape index (κ2) is 6.11. The minimum absolute atomic E-state index is 0.0345. The molecule has 4 nitrogen and oxygen atoms in total. The first-order valence-corrected chi connectivity index (χ1v) is 9.36. The predicted octanol–water partition coefficient (Wildman–Crippen LogP) is -0.889. The monoisotopic (exact) mass is 436 g/mol. The van der Waals surface area contributed by atoms with E-state index in [9.17, 15) is 26.4 Å². The number of alkyl halides is 3. The Morgan fingerprint density at radius 2 is 1.67 bits per heavy atom. The van der Waals surface area contributed by atoms with Gasteiger partial charge in [0.25, 0.3) is 0 Å². The molecule has 0 saturated heterocycles. The van der Waals surface area contributed by atoms with Crippen LogP contribution in [-0.4, -0.2) is 25.2 Å². The first-order valence-electron chi connectivity index (χ1n) is 5.72. The van der Waals surface area contributed by atoms with Gasteiger partial charge in [0.15, 0.2) is 9.84 Å². The standard InChI is InChI=1S/C12H13F3INO3S/c1-11(2,3)21(19,20)9-7-5-4-6-8(9)16-17-10(18)12(13,14)15/h4-7H,1-3H3/p+1. The third kappa shape index (κ3) is 4.31. The molecule has 0 aromatic heterocycles. The highest BCUT2D eigenvalue weighted by atomic mass is 127. The van der Waals surface area contributed by atoms with Gasteiger partial charge in [0.1, 0.15) is 4.90 Å². The number of sulfone groups is 1. The van der Waals surface area contributed by atoms with E-state index in [1.165, 1.54) is 45.0 Å². The van der Waals surface area contributed by atoms with E-state index >= 15 is 0 Å². The maximum atomic E-state index is 12.4. The average Bonchev–Trinajstić information content (AvgIpc) is 2.33. The van der Waals surface area contributed by atoms with Crippen LogP contribution < -0.4 is 25.0 Å². The minimum Gasteiger partial charge on any atom is -0.261 e. The van der Waals surface area contributed by atoms with Crippen LogP contribution in [0.25, 0.3) is 0 Å². The van der Waals surface area contributed by atoms with E-state index in [4.69, 9.17) is 0 Å². The van der Waals surface area contributed by atoms with Crippen molar-refractivity contribution < 1.29 is 47.9 Å². The summed E-state index contributed by atoms with van der Waals surface area (Å²) in [7, 11) is -3.70. The van der Waals surface area contributed by atoms with Crippen LogP contribution in [0.15, 0.2) is 29.2 Å². The topological polar surface area (TPSA) is 63.2 Å². The molecule has 0 fully saturated rings. The molecule has 0 atom stereocenters. The van der Waals surface area contributed by atoms with Crippen LogP contribution in [0.1, 0.15) is 20.8 Å². The Balaban J connectivity index is 3.10. The van der Waals surface area contributed by atoms with Crippen molar-refractivity contribution in [2.75, 3.05) is 0 Å².